The molecule has 1 heterocycles. The van der Waals surface area contributed by atoms with Crippen molar-refractivity contribution in [1.29, 1.82) is 0 Å². The number of benzene rings is 2. The van der Waals surface area contributed by atoms with E-state index in [0.717, 1.165) is 51.1 Å². The van der Waals surface area contributed by atoms with E-state index in [1.807, 2.05) is 6.07 Å². The van der Waals surface area contributed by atoms with Crippen LogP contribution in [-0.4, -0.2) is 43.2 Å². The normalized spacial score (nSPS) is 16.9. The lowest BCUT2D eigenvalue weighted by Gasteiger charge is -2.38. The Morgan fingerprint density at radius 3 is 2.33 bits per heavy atom. The van der Waals surface area contributed by atoms with Gasteiger partial charge in [-0.2, -0.15) is 0 Å². The number of amides is 1. The Balaban J connectivity index is 1.46. The maximum atomic E-state index is 12.3. The molecule has 158 valence electrons. The number of aromatic carboxylic acids is 1. The second kappa shape index (κ2) is 8.38. The minimum Gasteiger partial charge on any atom is -0.478 e. The van der Waals surface area contributed by atoms with Crippen LogP contribution >= 0.6 is 0 Å². The summed E-state index contributed by atoms with van der Waals surface area (Å²) in [5, 5.41) is 12.5. The van der Waals surface area contributed by atoms with E-state index in [9.17, 15) is 14.7 Å². The van der Waals surface area contributed by atoms with Crippen molar-refractivity contribution < 1.29 is 14.7 Å². The molecule has 2 aromatic rings. The van der Waals surface area contributed by atoms with E-state index in [4.69, 9.17) is 0 Å². The zero-order valence-corrected chi connectivity index (χ0v) is 17.6. The monoisotopic (exact) mass is 407 g/mol. The number of aryl methyl sites for hydroxylation is 1. The first-order chi connectivity index (χ1) is 14.4. The first-order valence-electron chi connectivity index (χ1n) is 10.7. The molecule has 1 aliphatic carbocycles. The Morgan fingerprint density at radius 2 is 1.70 bits per heavy atom. The van der Waals surface area contributed by atoms with Crippen molar-refractivity contribution in [1.82, 2.24) is 0 Å². The van der Waals surface area contributed by atoms with Crippen molar-refractivity contribution in [3.05, 3.63) is 53.1 Å². The standard InChI is InChI=1S/C24H29N3O3/c1-16-5-3-8-22(17(16)2)27-13-11-26(12-14-27)19-9-10-21(20(15-19)24(29)30)25-23(28)18-6-4-7-18/h3,5,8-10,15,18H,4,6-7,11-14H2,1-2H3,(H,25,28)(H,29,30). The van der Waals surface area contributed by atoms with E-state index in [-0.39, 0.29) is 17.4 Å². The highest BCUT2D eigenvalue weighted by atomic mass is 16.4. The molecule has 2 aliphatic rings. The van der Waals surface area contributed by atoms with Gasteiger partial charge in [-0.15, -0.1) is 0 Å². The van der Waals surface area contributed by atoms with Crippen LogP contribution in [0.25, 0.3) is 0 Å². The van der Waals surface area contributed by atoms with E-state index >= 15 is 0 Å². The summed E-state index contributed by atoms with van der Waals surface area (Å²) >= 11 is 0. The molecule has 0 aromatic heterocycles. The predicted octanol–water partition coefficient (Wildman–Crippen LogP) is 4.07. The molecular weight excluding hydrogens is 378 g/mol. The van der Waals surface area contributed by atoms with E-state index in [2.05, 4.69) is 47.2 Å². The molecule has 6 nitrogen and oxygen atoms in total. The molecule has 1 aliphatic heterocycles. The molecule has 1 saturated carbocycles. The molecular formula is C24H29N3O3. The van der Waals surface area contributed by atoms with Crippen molar-refractivity contribution in [2.75, 3.05) is 41.3 Å². The molecule has 2 fully saturated rings. The third kappa shape index (κ3) is 3.99. The molecule has 1 amide bonds. The van der Waals surface area contributed by atoms with Gasteiger partial charge in [0.15, 0.2) is 0 Å². The second-order valence-electron chi connectivity index (χ2n) is 8.35. The number of hydrogen-bond acceptors (Lipinski definition) is 4. The number of carboxylic acids is 1. The van der Waals surface area contributed by atoms with Gasteiger partial charge in [-0.05, 0) is 62.1 Å². The highest BCUT2D eigenvalue weighted by Crippen LogP contribution is 2.30. The van der Waals surface area contributed by atoms with Gasteiger partial charge in [0.25, 0.3) is 0 Å². The average Bonchev–Trinajstić information content (AvgIpc) is 2.69. The molecule has 2 aromatic carbocycles. The molecule has 0 atom stereocenters. The fourth-order valence-electron chi connectivity index (χ4n) is 4.20. The lowest BCUT2D eigenvalue weighted by Crippen LogP contribution is -2.46. The van der Waals surface area contributed by atoms with E-state index in [0.29, 0.717) is 5.69 Å². The highest BCUT2D eigenvalue weighted by Gasteiger charge is 2.27. The van der Waals surface area contributed by atoms with Gasteiger partial charge in [-0.3, -0.25) is 4.79 Å². The minimum absolute atomic E-state index is 0.0180. The Kier molecular flexibility index (Phi) is 5.66. The van der Waals surface area contributed by atoms with Crippen LogP contribution in [0.2, 0.25) is 0 Å². The van der Waals surface area contributed by atoms with Crippen LogP contribution in [0.3, 0.4) is 0 Å². The van der Waals surface area contributed by atoms with Crippen LogP contribution in [-0.2, 0) is 4.79 Å². The number of piperazine rings is 1. The van der Waals surface area contributed by atoms with Crippen molar-refractivity contribution in [2.45, 2.75) is 33.1 Å². The summed E-state index contributed by atoms with van der Waals surface area (Å²) < 4.78 is 0. The molecule has 0 unspecified atom stereocenters. The first kappa shape index (κ1) is 20.3. The topological polar surface area (TPSA) is 72.9 Å². The van der Waals surface area contributed by atoms with Gasteiger partial charge < -0.3 is 20.2 Å². The average molecular weight is 408 g/mol. The molecule has 0 bridgehead atoms. The fraction of sp³-hybridized carbons (Fsp3) is 0.417. The highest BCUT2D eigenvalue weighted by molar-refractivity contribution is 6.02. The Bertz CT molecular complexity index is 960. The number of carboxylic acid groups (broad SMARTS) is 1. The minimum atomic E-state index is -1.02. The summed E-state index contributed by atoms with van der Waals surface area (Å²) in [6.07, 6.45) is 2.84. The van der Waals surface area contributed by atoms with Crippen molar-refractivity contribution in [2.24, 2.45) is 5.92 Å². The maximum absolute atomic E-state index is 12.3. The van der Waals surface area contributed by atoms with E-state index in [1.165, 1.54) is 16.8 Å². The summed E-state index contributed by atoms with van der Waals surface area (Å²) in [4.78, 5) is 28.7. The summed E-state index contributed by atoms with van der Waals surface area (Å²) in [6.45, 7) is 7.70. The van der Waals surface area contributed by atoms with Crippen LogP contribution < -0.4 is 15.1 Å². The van der Waals surface area contributed by atoms with Gasteiger partial charge in [-0.1, -0.05) is 18.6 Å². The Hall–Kier alpha value is -3.02. The number of nitrogens with one attached hydrogen (secondary N) is 1. The fourth-order valence-corrected chi connectivity index (χ4v) is 4.20. The molecule has 6 heteroatoms. The van der Waals surface area contributed by atoms with E-state index < -0.39 is 5.97 Å². The number of carbonyl (C=O) groups is 2. The molecule has 0 spiro atoms. The number of rotatable bonds is 5. The molecule has 2 N–H and O–H groups in total. The van der Waals surface area contributed by atoms with Crippen LogP contribution in [0.15, 0.2) is 36.4 Å². The summed E-state index contributed by atoms with van der Waals surface area (Å²) in [6, 6.07) is 11.7. The number of nitrogens with zero attached hydrogens (tertiary/aromatic N) is 2. The third-order valence-corrected chi connectivity index (χ3v) is 6.53. The molecule has 1 saturated heterocycles. The zero-order valence-electron chi connectivity index (χ0n) is 17.6. The van der Waals surface area contributed by atoms with Crippen molar-refractivity contribution in [3.63, 3.8) is 0 Å². The molecule has 0 radical (unpaired) electrons. The quantitative estimate of drug-likeness (QED) is 0.782. The third-order valence-electron chi connectivity index (χ3n) is 6.53. The number of hydrogen-bond donors (Lipinski definition) is 2. The molecule has 30 heavy (non-hydrogen) atoms. The van der Waals surface area contributed by atoms with Crippen LogP contribution in [0, 0.1) is 19.8 Å². The van der Waals surface area contributed by atoms with E-state index in [1.54, 1.807) is 12.1 Å². The van der Waals surface area contributed by atoms with Crippen LogP contribution in [0.1, 0.15) is 40.7 Å². The summed E-state index contributed by atoms with van der Waals surface area (Å²) in [5.41, 5.74) is 5.30. The predicted molar refractivity (Wildman–Crippen MR) is 120 cm³/mol. The van der Waals surface area contributed by atoms with Gasteiger partial charge >= 0.3 is 5.97 Å². The second-order valence-corrected chi connectivity index (χ2v) is 8.35. The van der Waals surface area contributed by atoms with Crippen molar-refractivity contribution in [3.8, 4) is 0 Å². The van der Waals surface area contributed by atoms with Gasteiger partial charge in [0.05, 0.1) is 11.3 Å². The maximum Gasteiger partial charge on any atom is 0.337 e. The largest absolute Gasteiger partial charge is 0.478 e. The summed E-state index contributed by atoms with van der Waals surface area (Å²) in [7, 11) is 0. The molecule has 4 rings (SSSR count). The van der Waals surface area contributed by atoms with Crippen LogP contribution in [0.4, 0.5) is 17.1 Å². The van der Waals surface area contributed by atoms with Gasteiger partial charge in [0.2, 0.25) is 5.91 Å². The van der Waals surface area contributed by atoms with Crippen LogP contribution in [0.5, 0.6) is 0 Å². The summed E-state index contributed by atoms with van der Waals surface area (Å²) in [5.74, 6) is -1.07. The smallest absolute Gasteiger partial charge is 0.337 e. The van der Waals surface area contributed by atoms with Crippen molar-refractivity contribution >= 4 is 28.9 Å². The van der Waals surface area contributed by atoms with Gasteiger partial charge in [0.1, 0.15) is 0 Å². The zero-order chi connectivity index (χ0) is 21.3. The Morgan fingerprint density at radius 1 is 1.00 bits per heavy atom. The lowest BCUT2D eigenvalue weighted by atomic mass is 9.85. The Labute approximate surface area is 177 Å². The first-order valence-corrected chi connectivity index (χ1v) is 10.7. The van der Waals surface area contributed by atoms with Gasteiger partial charge in [-0.25, -0.2) is 4.79 Å². The SMILES string of the molecule is Cc1cccc(N2CCN(c3ccc(NC(=O)C4CCC4)c(C(=O)O)c3)CC2)c1C. The number of anilines is 3. The number of carbonyl (C=O) groups excluding carboxylic acids is 1. The van der Waals surface area contributed by atoms with Gasteiger partial charge in [0, 0.05) is 43.5 Å². The lowest BCUT2D eigenvalue weighted by molar-refractivity contribution is -0.122.